The van der Waals surface area contributed by atoms with Gasteiger partial charge in [0.1, 0.15) is 5.78 Å². The monoisotopic (exact) mass is 995 g/mol. The first-order valence-corrected chi connectivity index (χ1v) is 27.9. The van der Waals surface area contributed by atoms with Gasteiger partial charge in [0.15, 0.2) is 0 Å². The highest BCUT2D eigenvalue weighted by Crippen LogP contribution is 2.25. The van der Waals surface area contributed by atoms with Crippen molar-refractivity contribution in [1.29, 1.82) is 0 Å². The first kappa shape index (κ1) is 65.4. The van der Waals surface area contributed by atoms with Gasteiger partial charge in [-0.3, -0.25) is 4.79 Å². The predicted octanol–water partition coefficient (Wildman–Crippen LogP) is 4.90. The van der Waals surface area contributed by atoms with Crippen molar-refractivity contribution in [3.05, 3.63) is 0 Å². The number of ether oxygens (including phenoxy) is 12. The molecule has 0 aromatic rings. The summed E-state index contributed by atoms with van der Waals surface area (Å²) in [4.78, 5) is 13.5. The average Bonchev–Trinajstić information content (AvgIpc) is 3.32. The molecule has 0 aromatic carbocycles. The number of unbranched alkanes of at least 4 members (excludes halogenated alkanes) is 4. The minimum Gasteiger partial charge on any atom is -0.382 e. The Bertz CT molecular complexity index is 855. The lowest BCUT2D eigenvalue weighted by molar-refractivity contribution is -0.126. The van der Waals surface area contributed by atoms with Crippen LogP contribution in [0.1, 0.15) is 65.2 Å². The average molecular weight is 995 g/mol. The van der Waals surface area contributed by atoms with Gasteiger partial charge >= 0.3 is 17.6 Å². The van der Waals surface area contributed by atoms with E-state index < -0.39 is 17.6 Å². The smallest absolute Gasteiger partial charge is 0.382 e. The maximum Gasteiger partial charge on any atom is 0.501 e. The molecule has 0 bridgehead atoms. The van der Waals surface area contributed by atoms with E-state index in [0.717, 1.165) is 51.4 Å². The third-order valence-electron chi connectivity index (χ3n) is 10.1. The molecule has 0 saturated carbocycles. The Labute approximate surface area is 401 Å². The maximum atomic E-state index is 13.5. The Balaban J connectivity index is 5.29. The van der Waals surface area contributed by atoms with Crippen LogP contribution in [-0.2, 0) is 88.2 Å². The molecule has 0 radical (unpaired) electrons. The summed E-state index contributed by atoms with van der Waals surface area (Å²) in [6, 6.07) is 1.25. The zero-order chi connectivity index (χ0) is 48.5. The molecule has 0 heterocycles. The zero-order valence-electron chi connectivity index (χ0n) is 42.5. The molecule has 0 N–H and O–H groups in total. The third-order valence-corrected chi connectivity index (χ3v) is 15.9. The van der Waals surface area contributed by atoms with E-state index in [0.29, 0.717) is 176 Å². The van der Waals surface area contributed by atoms with E-state index in [2.05, 4.69) is 0 Å². The second-order valence-corrected chi connectivity index (χ2v) is 21.0. The van der Waals surface area contributed by atoms with Gasteiger partial charge in [-0.05, 0) is 25.7 Å². The molecule has 2 unspecified atom stereocenters. The zero-order valence-corrected chi connectivity index (χ0v) is 44.5. The van der Waals surface area contributed by atoms with Crippen LogP contribution >= 0.6 is 0 Å². The predicted molar refractivity (Wildman–Crippen MR) is 253 cm³/mol. The molecular weight excluding hydrogens is 901 g/mol. The molecule has 0 rings (SSSR count). The van der Waals surface area contributed by atoms with Crippen LogP contribution in [0.2, 0.25) is 12.1 Å². The Morgan fingerprint density at radius 2 is 0.515 bits per heavy atom. The first-order valence-electron chi connectivity index (χ1n) is 24.1. The summed E-state index contributed by atoms with van der Waals surface area (Å²) >= 11 is 0. The van der Waals surface area contributed by atoms with Crippen LogP contribution in [0.4, 0.5) is 0 Å². The van der Waals surface area contributed by atoms with Crippen molar-refractivity contribution >= 4 is 23.4 Å². The number of carbonyl (C=O) groups excluding carboxylic acids is 1. The Hall–Kier alpha value is -0.616. The molecule has 21 heteroatoms. The highest BCUT2D eigenvalue weighted by molar-refractivity contribution is 6.61. The number of rotatable bonds is 56. The van der Waals surface area contributed by atoms with Crippen LogP contribution in [0.3, 0.4) is 0 Å². The highest BCUT2D eigenvalue weighted by atomic mass is 28.4. The molecule has 0 fully saturated rings. The molecule has 396 valence electrons. The van der Waals surface area contributed by atoms with E-state index in [-0.39, 0.29) is 11.8 Å². The number of carbonyl (C=O) groups is 1. The van der Waals surface area contributed by atoms with Gasteiger partial charge in [-0.25, -0.2) is 0 Å². The minimum absolute atomic E-state index is 0.0397. The molecule has 0 aliphatic rings. The molecule has 0 aliphatic carbocycles. The minimum atomic E-state index is -3.14. The van der Waals surface area contributed by atoms with Crippen LogP contribution in [0.5, 0.6) is 0 Å². The van der Waals surface area contributed by atoms with E-state index >= 15 is 0 Å². The van der Waals surface area contributed by atoms with Crippen molar-refractivity contribution in [3.63, 3.8) is 0 Å². The topological polar surface area (TPSA) is 183 Å². The third kappa shape index (κ3) is 39.1. The lowest BCUT2D eigenvalue weighted by Crippen LogP contribution is -2.48. The van der Waals surface area contributed by atoms with Gasteiger partial charge in [0.25, 0.3) is 0 Å². The number of Topliss-reactive ketones (excluding diaryl/α,β-unsaturated/α-hetero) is 1. The normalized spacial score (nSPS) is 13.2. The summed E-state index contributed by atoms with van der Waals surface area (Å²) in [6.07, 6.45) is 6.91. The van der Waals surface area contributed by atoms with Gasteiger partial charge in [-0.2, -0.15) is 0 Å². The number of hydrogen-bond acceptors (Lipinski definition) is 19. The summed E-state index contributed by atoms with van der Waals surface area (Å²) in [7, 11) is 3.55. The first-order chi connectivity index (χ1) is 32.3. The van der Waals surface area contributed by atoms with Crippen molar-refractivity contribution < 1.29 is 88.2 Å². The number of hydrogen-bond donors (Lipinski definition) is 0. The maximum absolute atomic E-state index is 13.5. The highest BCUT2D eigenvalue weighted by Gasteiger charge is 2.42. The van der Waals surface area contributed by atoms with Gasteiger partial charge < -0.3 is 83.4 Å². The van der Waals surface area contributed by atoms with E-state index in [9.17, 15) is 4.79 Å². The van der Waals surface area contributed by atoms with Gasteiger partial charge in [0, 0.05) is 66.6 Å². The van der Waals surface area contributed by atoms with Crippen LogP contribution < -0.4 is 0 Å². The second-order valence-electron chi connectivity index (χ2n) is 15.5. The molecular formula is C45H94O19Si2. The molecule has 19 nitrogen and oxygen atoms in total. The van der Waals surface area contributed by atoms with Gasteiger partial charge in [0.05, 0.1) is 159 Å². The summed E-state index contributed by atoms with van der Waals surface area (Å²) in [5.74, 6) is 0.224. The summed E-state index contributed by atoms with van der Waals surface area (Å²) in [6.45, 7) is 14.3. The van der Waals surface area contributed by atoms with Crippen LogP contribution in [0, 0.1) is 11.8 Å². The summed E-state index contributed by atoms with van der Waals surface area (Å²) in [5.41, 5.74) is 0. The molecule has 0 amide bonds. The van der Waals surface area contributed by atoms with Crippen molar-refractivity contribution in [3.8, 4) is 0 Å². The van der Waals surface area contributed by atoms with Gasteiger partial charge in [-0.15, -0.1) is 0 Å². The van der Waals surface area contributed by atoms with E-state index in [1.165, 1.54) is 0 Å². The summed E-state index contributed by atoms with van der Waals surface area (Å²) < 4.78 is 103. The molecule has 0 aromatic heterocycles. The Kier molecular flexibility index (Phi) is 48.9. The van der Waals surface area contributed by atoms with E-state index in [1.807, 2.05) is 13.8 Å². The van der Waals surface area contributed by atoms with Crippen LogP contribution in [-0.4, -0.2) is 225 Å². The largest absolute Gasteiger partial charge is 0.501 e. The van der Waals surface area contributed by atoms with E-state index in [1.54, 1.807) is 42.7 Å². The van der Waals surface area contributed by atoms with Crippen molar-refractivity contribution in [2.45, 2.75) is 77.3 Å². The lowest BCUT2D eigenvalue weighted by Gasteiger charge is -2.30. The van der Waals surface area contributed by atoms with Crippen molar-refractivity contribution in [1.82, 2.24) is 0 Å². The second kappa shape index (κ2) is 49.4. The number of ketones is 1. The molecule has 0 aliphatic heterocycles. The molecule has 0 saturated heterocycles. The van der Waals surface area contributed by atoms with Crippen LogP contribution in [0.25, 0.3) is 0 Å². The SMILES string of the molecule is COCCOCCO[Si](CCCCCC(C)C(=O)C(C)CCCCC[Si](OCCOCCOC)(OCCOCCOC)OCCOCCOC)(OCCOCCOC)OCCOCCOC. The Morgan fingerprint density at radius 3 is 0.727 bits per heavy atom. The fourth-order valence-electron chi connectivity index (χ4n) is 6.39. The quantitative estimate of drug-likeness (QED) is 0.0592. The molecule has 0 spiro atoms. The fourth-order valence-corrected chi connectivity index (χ4v) is 11.5. The number of methoxy groups -OCH3 is 6. The van der Waals surface area contributed by atoms with Crippen molar-refractivity contribution in [2.24, 2.45) is 11.8 Å². The van der Waals surface area contributed by atoms with Gasteiger partial charge in [-0.1, -0.05) is 39.5 Å². The van der Waals surface area contributed by atoms with Crippen molar-refractivity contribution in [2.75, 3.05) is 201 Å². The van der Waals surface area contributed by atoms with Crippen LogP contribution in [0.15, 0.2) is 0 Å². The lowest BCUT2D eigenvalue weighted by atomic mass is 9.88. The Morgan fingerprint density at radius 1 is 0.303 bits per heavy atom. The molecule has 2 atom stereocenters. The standard InChI is InChI=1S/C45H94O19Si2/c1-43(15-11-9-13-41-65(59-35-29-53-23-17-47-3,60-36-30-54-24-18-48-4)61-37-31-55-25-19-49-5)45(46)44(2)16-12-10-14-42-66(62-38-32-56-26-20-50-6,63-39-33-57-27-21-51-7)64-40-34-58-28-22-52-8/h43-44H,9-42H2,1-8H3. The summed E-state index contributed by atoms with van der Waals surface area (Å²) in [5, 5.41) is 0. The van der Waals surface area contributed by atoms with Gasteiger partial charge in [0.2, 0.25) is 0 Å². The fraction of sp³-hybridized carbons (Fsp3) is 0.978. The van der Waals surface area contributed by atoms with E-state index in [4.69, 9.17) is 83.4 Å². The molecule has 66 heavy (non-hydrogen) atoms.